The first-order valence-corrected chi connectivity index (χ1v) is 6.81. The maximum absolute atomic E-state index is 12.0. The number of esters is 1. The number of rotatable bonds is 4. The Balaban J connectivity index is 2.38. The van der Waals surface area contributed by atoms with E-state index in [-0.39, 0.29) is 17.4 Å². The third kappa shape index (κ3) is 2.31. The third-order valence-corrected chi connectivity index (χ3v) is 4.08. The zero-order valence-electron chi connectivity index (χ0n) is 10.9. The fourth-order valence-electron chi connectivity index (χ4n) is 2.72. The van der Waals surface area contributed by atoms with Crippen molar-refractivity contribution in [3.05, 3.63) is 34.3 Å². The van der Waals surface area contributed by atoms with Crippen LogP contribution in [0.4, 0.5) is 0 Å². The van der Waals surface area contributed by atoms with E-state index in [4.69, 9.17) is 4.74 Å². The standard InChI is InChI=1S/C14H18BrNO2/c1-16(2)12(10-5-4-6-11(15)9-10)14(7-8-14)13(17)18-3/h4-6,9,12H,7-8H2,1-3H3. The molecule has 0 saturated heterocycles. The van der Waals surface area contributed by atoms with E-state index in [1.54, 1.807) is 0 Å². The van der Waals surface area contributed by atoms with Crippen LogP contribution < -0.4 is 0 Å². The first kappa shape index (κ1) is 13.6. The molecule has 1 aliphatic carbocycles. The number of nitrogens with zero attached hydrogens (tertiary/aromatic N) is 1. The monoisotopic (exact) mass is 311 g/mol. The number of carbonyl (C=O) groups excluding carboxylic acids is 1. The molecule has 1 saturated carbocycles. The van der Waals surface area contributed by atoms with Crippen LogP contribution in [0.15, 0.2) is 28.7 Å². The first-order chi connectivity index (χ1) is 8.51. The minimum atomic E-state index is -0.362. The molecule has 0 aromatic heterocycles. The average Bonchev–Trinajstić information content (AvgIpc) is 3.09. The quantitative estimate of drug-likeness (QED) is 0.801. The van der Waals surface area contributed by atoms with Crippen LogP contribution in [-0.2, 0) is 9.53 Å². The summed E-state index contributed by atoms with van der Waals surface area (Å²) < 4.78 is 6.02. The Hall–Kier alpha value is -0.870. The van der Waals surface area contributed by atoms with Crippen molar-refractivity contribution in [1.29, 1.82) is 0 Å². The average molecular weight is 312 g/mol. The lowest BCUT2D eigenvalue weighted by atomic mass is 9.89. The maximum Gasteiger partial charge on any atom is 0.313 e. The molecule has 1 atom stereocenters. The van der Waals surface area contributed by atoms with Crippen molar-refractivity contribution in [2.24, 2.45) is 5.41 Å². The van der Waals surface area contributed by atoms with Gasteiger partial charge in [-0.05, 0) is 44.6 Å². The summed E-state index contributed by atoms with van der Waals surface area (Å²) >= 11 is 3.49. The van der Waals surface area contributed by atoms with Crippen LogP contribution in [0.25, 0.3) is 0 Å². The van der Waals surface area contributed by atoms with Crippen LogP contribution in [0.2, 0.25) is 0 Å². The van der Waals surface area contributed by atoms with Crippen molar-refractivity contribution >= 4 is 21.9 Å². The van der Waals surface area contributed by atoms with E-state index in [2.05, 4.69) is 33.0 Å². The topological polar surface area (TPSA) is 29.5 Å². The van der Waals surface area contributed by atoms with Crippen molar-refractivity contribution in [2.45, 2.75) is 18.9 Å². The van der Waals surface area contributed by atoms with Gasteiger partial charge in [0.1, 0.15) is 0 Å². The second kappa shape index (κ2) is 5.02. The van der Waals surface area contributed by atoms with Gasteiger partial charge < -0.3 is 9.64 Å². The summed E-state index contributed by atoms with van der Waals surface area (Å²) in [6.45, 7) is 0. The SMILES string of the molecule is COC(=O)C1(C(c2cccc(Br)c2)N(C)C)CC1. The van der Waals surface area contributed by atoms with Crippen LogP contribution >= 0.6 is 15.9 Å². The van der Waals surface area contributed by atoms with Gasteiger partial charge in [-0.2, -0.15) is 0 Å². The molecule has 0 N–H and O–H groups in total. The second-order valence-corrected chi connectivity index (χ2v) is 5.98. The van der Waals surface area contributed by atoms with Crippen molar-refractivity contribution in [2.75, 3.05) is 21.2 Å². The van der Waals surface area contributed by atoms with Gasteiger partial charge in [-0.25, -0.2) is 0 Å². The lowest BCUT2D eigenvalue weighted by Crippen LogP contribution is -2.34. The maximum atomic E-state index is 12.0. The number of ether oxygens (including phenoxy) is 1. The first-order valence-electron chi connectivity index (χ1n) is 6.01. The summed E-state index contributed by atoms with van der Waals surface area (Å²) in [4.78, 5) is 14.1. The molecule has 3 nitrogen and oxygen atoms in total. The molecule has 1 aliphatic rings. The summed E-state index contributed by atoms with van der Waals surface area (Å²) in [7, 11) is 5.49. The molecule has 0 spiro atoms. The predicted molar refractivity (Wildman–Crippen MR) is 74.3 cm³/mol. The van der Waals surface area contributed by atoms with Gasteiger partial charge in [-0.15, -0.1) is 0 Å². The van der Waals surface area contributed by atoms with Crippen molar-refractivity contribution < 1.29 is 9.53 Å². The molecule has 98 valence electrons. The van der Waals surface area contributed by atoms with Gasteiger partial charge >= 0.3 is 5.97 Å². The zero-order valence-corrected chi connectivity index (χ0v) is 12.5. The molecular formula is C14H18BrNO2. The molecule has 0 heterocycles. The van der Waals surface area contributed by atoms with Crippen molar-refractivity contribution in [3.8, 4) is 0 Å². The molecule has 0 bridgehead atoms. The van der Waals surface area contributed by atoms with E-state index >= 15 is 0 Å². The fourth-order valence-corrected chi connectivity index (χ4v) is 3.13. The number of hydrogen-bond acceptors (Lipinski definition) is 3. The predicted octanol–water partition coefficient (Wildman–Crippen LogP) is 3.01. The minimum Gasteiger partial charge on any atom is -0.469 e. The molecule has 2 rings (SSSR count). The summed E-state index contributed by atoms with van der Waals surface area (Å²) in [5, 5.41) is 0. The zero-order chi connectivity index (χ0) is 13.3. The van der Waals surface area contributed by atoms with Crippen molar-refractivity contribution in [1.82, 2.24) is 4.90 Å². The lowest BCUT2D eigenvalue weighted by Gasteiger charge is -2.31. The summed E-state index contributed by atoms with van der Waals surface area (Å²) in [6, 6.07) is 8.21. The lowest BCUT2D eigenvalue weighted by molar-refractivity contribution is -0.150. The van der Waals surface area contributed by atoms with E-state index in [1.165, 1.54) is 7.11 Å². The molecule has 1 unspecified atom stereocenters. The Morgan fingerprint density at radius 2 is 2.11 bits per heavy atom. The van der Waals surface area contributed by atoms with Gasteiger partial charge in [0.25, 0.3) is 0 Å². The fraction of sp³-hybridized carbons (Fsp3) is 0.500. The van der Waals surface area contributed by atoms with Gasteiger partial charge in [0.05, 0.1) is 18.6 Å². The molecular weight excluding hydrogens is 294 g/mol. The van der Waals surface area contributed by atoms with Crippen molar-refractivity contribution in [3.63, 3.8) is 0 Å². The third-order valence-electron chi connectivity index (χ3n) is 3.58. The summed E-state index contributed by atoms with van der Waals surface area (Å²) in [5.41, 5.74) is 0.788. The summed E-state index contributed by atoms with van der Waals surface area (Å²) in [5.74, 6) is -0.0961. The second-order valence-electron chi connectivity index (χ2n) is 5.07. The summed E-state index contributed by atoms with van der Waals surface area (Å²) in [6.07, 6.45) is 1.80. The van der Waals surface area contributed by atoms with Gasteiger partial charge in [-0.1, -0.05) is 28.1 Å². The normalized spacial score (nSPS) is 18.5. The minimum absolute atomic E-state index is 0.0717. The van der Waals surface area contributed by atoms with Crippen LogP contribution in [0, 0.1) is 5.41 Å². The highest BCUT2D eigenvalue weighted by Crippen LogP contribution is 2.57. The van der Waals surface area contributed by atoms with Gasteiger partial charge in [0.15, 0.2) is 0 Å². The molecule has 18 heavy (non-hydrogen) atoms. The number of halogens is 1. The smallest absolute Gasteiger partial charge is 0.313 e. The number of hydrogen-bond donors (Lipinski definition) is 0. The van der Waals surface area contributed by atoms with Crippen LogP contribution in [0.1, 0.15) is 24.4 Å². The Bertz CT molecular complexity index is 455. The van der Waals surface area contributed by atoms with Gasteiger partial charge in [-0.3, -0.25) is 4.79 Å². The molecule has 1 aromatic rings. The number of carbonyl (C=O) groups is 1. The van der Waals surface area contributed by atoms with Crippen LogP contribution in [0.5, 0.6) is 0 Å². The van der Waals surface area contributed by atoms with E-state index in [0.717, 1.165) is 22.9 Å². The Morgan fingerprint density at radius 3 is 2.56 bits per heavy atom. The highest BCUT2D eigenvalue weighted by Gasteiger charge is 2.58. The van der Waals surface area contributed by atoms with E-state index in [0.29, 0.717) is 0 Å². The molecule has 1 fully saturated rings. The largest absolute Gasteiger partial charge is 0.469 e. The highest BCUT2D eigenvalue weighted by atomic mass is 79.9. The molecule has 1 aromatic carbocycles. The van der Waals surface area contributed by atoms with Gasteiger partial charge in [0, 0.05) is 4.47 Å². The molecule has 0 aliphatic heterocycles. The van der Waals surface area contributed by atoms with Gasteiger partial charge in [0.2, 0.25) is 0 Å². The van der Waals surface area contributed by atoms with Crippen LogP contribution in [0.3, 0.4) is 0 Å². The Morgan fingerprint density at radius 1 is 1.44 bits per heavy atom. The van der Waals surface area contributed by atoms with E-state index < -0.39 is 0 Å². The molecule has 0 radical (unpaired) electrons. The molecule has 4 heteroatoms. The highest BCUT2D eigenvalue weighted by molar-refractivity contribution is 9.10. The Kier molecular flexibility index (Phi) is 3.78. The number of methoxy groups -OCH3 is 1. The van der Waals surface area contributed by atoms with E-state index in [1.807, 2.05) is 26.2 Å². The molecule has 0 amide bonds. The number of benzene rings is 1. The van der Waals surface area contributed by atoms with E-state index in [9.17, 15) is 4.79 Å². The van der Waals surface area contributed by atoms with Crippen LogP contribution in [-0.4, -0.2) is 32.1 Å². The Labute approximate surface area is 116 Å².